The maximum absolute atomic E-state index is 14.2. The third-order valence-electron chi connectivity index (χ3n) is 7.27. The zero-order valence-electron chi connectivity index (χ0n) is 26.2. The molecule has 9 nitrogen and oxygen atoms in total. The molecule has 0 unspecified atom stereocenters. The quantitative estimate of drug-likeness (QED) is 0.157. The van der Waals surface area contributed by atoms with Crippen LogP contribution in [0, 0.1) is 0 Å². The van der Waals surface area contributed by atoms with Crippen LogP contribution < -0.4 is 5.01 Å². The predicted octanol–water partition coefficient (Wildman–Crippen LogP) is 8.22. The Balaban J connectivity index is 1.62. The van der Waals surface area contributed by atoms with Crippen LogP contribution in [-0.2, 0) is 22.1 Å². The molecule has 1 aliphatic rings. The Morgan fingerprint density at radius 3 is 2.15 bits per heavy atom. The van der Waals surface area contributed by atoms with Gasteiger partial charge in [-0.05, 0) is 86.9 Å². The first-order chi connectivity index (χ1) is 21.4. The number of alkyl halides is 3. The van der Waals surface area contributed by atoms with Crippen LogP contribution in [0.5, 0.6) is 0 Å². The van der Waals surface area contributed by atoms with Crippen LogP contribution in [0.2, 0.25) is 0 Å². The van der Waals surface area contributed by atoms with Crippen molar-refractivity contribution in [2.24, 2.45) is 0 Å². The topological polar surface area (TPSA) is 98.7 Å². The first-order valence-corrected chi connectivity index (χ1v) is 15.3. The van der Waals surface area contributed by atoms with Crippen molar-refractivity contribution in [3.05, 3.63) is 77.7 Å². The highest BCUT2D eigenvalue weighted by atomic mass is 32.1. The van der Waals surface area contributed by atoms with Crippen LogP contribution >= 0.6 is 11.3 Å². The van der Waals surface area contributed by atoms with Crippen molar-refractivity contribution in [3.63, 3.8) is 0 Å². The van der Waals surface area contributed by atoms with E-state index in [0.717, 1.165) is 34.2 Å². The highest BCUT2D eigenvalue weighted by Gasteiger charge is 2.70. The summed E-state index contributed by atoms with van der Waals surface area (Å²) in [5.74, 6) is 0. The summed E-state index contributed by atoms with van der Waals surface area (Å²) < 4.78 is 50.3. The first kappa shape index (κ1) is 33.0. The van der Waals surface area contributed by atoms with Gasteiger partial charge in [0, 0.05) is 24.2 Å². The number of nitrogens with zero attached hydrogens (tertiary/aromatic N) is 4. The number of fused-ring (bicyclic) bond motifs is 1. The van der Waals surface area contributed by atoms with E-state index in [9.17, 15) is 27.6 Å². The normalized spacial score (nSPS) is 16.5. The summed E-state index contributed by atoms with van der Waals surface area (Å²) in [6, 6.07) is 11.2. The fraction of sp³-hybridized carbons (Fsp3) is 0.364. The molecule has 4 aromatic rings. The van der Waals surface area contributed by atoms with Gasteiger partial charge < -0.3 is 9.47 Å². The maximum Gasteiger partial charge on any atom is 0.553 e. The number of thiazole rings is 1. The molecular weight excluding hydrogens is 621 g/mol. The summed E-state index contributed by atoms with van der Waals surface area (Å²) >= 11 is 1.13. The van der Waals surface area contributed by atoms with Gasteiger partial charge in [-0.15, -0.1) is 0 Å². The summed E-state index contributed by atoms with van der Waals surface area (Å²) in [6.07, 6.45) is -2.34. The van der Waals surface area contributed by atoms with Crippen LogP contribution in [0.15, 0.2) is 60.9 Å². The lowest BCUT2D eigenvalue weighted by Crippen LogP contribution is -2.84. The molecule has 46 heavy (non-hydrogen) atoms. The van der Waals surface area contributed by atoms with E-state index in [1.165, 1.54) is 17.1 Å². The van der Waals surface area contributed by atoms with Gasteiger partial charge in [-0.2, -0.15) is 27.8 Å². The highest BCUT2D eigenvalue weighted by Crippen LogP contribution is 2.45. The molecule has 0 saturated carbocycles. The lowest BCUT2D eigenvalue weighted by atomic mass is 9.99. The molecule has 1 fully saturated rings. The number of carbonyl (C=O) groups excluding carboxylic acids is 3. The fourth-order valence-electron chi connectivity index (χ4n) is 5.23. The second-order valence-electron chi connectivity index (χ2n) is 13.0. The number of benzene rings is 2. The van der Waals surface area contributed by atoms with Gasteiger partial charge in [0.25, 0.3) is 0 Å². The number of hydrogen-bond acceptors (Lipinski definition) is 9. The van der Waals surface area contributed by atoms with Crippen molar-refractivity contribution in [2.75, 3.05) is 11.6 Å². The van der Waals surface area contributed by atoms with Gasteiger partial charge in [0.2, 0.25) is 5.13 Å². The molecule has 0 aliphatic carbocycles. The minimum Gasteiger partial charge on any atom is -0.412 e. The third-order valence-corrected chi connectivity index (χ3v) is 8.40. The fourth-order valence-corrected chi connectivity index (χ4v) is 6.31. The van der Waals surface area contributed by atoms with Crippen LogP contribution in [0.4, 0.5) is 27.9 Å². The highest BCUT2D eigenvalue weighted by molar-refractivity contribution is 7.19. The molecule has 0 N–H and O–H groups in total. The summed E-state index contributed by atoms with van der Waals surface area (Å²) in [6.45, 7) is 10.0. The maximum atomic E-state index is 14.2. The molecule has 1 aliphatic heterocycles. The summed E-state index contributed by atoms with van der Waals surface area (Å²) in [5.41, 5.74) is -1.52. The van der Waals surface area contributed by atoms with Crippen LogP contribution in [-0.4, -0.2) is 56.8 Å². The van der Waals surface area contributed by atoms with Crippen molar-refractivity contribution < 1.29 is 41.6 Å². The summed E-state index contributed by atoms with van der Waals surface area (Å²) in [5, 5.41) is 3.44. The van der Waals surface area contributed by atoms with Crippen molar-refractivity contribution in [3.8, 4) is 10.4 Å². The Kier molecular flexibility index (Phi) is 8.45. The SMILES string of the molecule is CC(C)(C)OC(=O)[N+]1(C(=O)OC(C)(C)C)[C@@H](Cc2ccc(C(F)(F)F)cc2)CN1c1nc(C=O)c(-c2ccc3cnccc3c2)s1. The molecule has 1 atom stereocenters. The van der Waals surface area contributed by atoms with E-state index in [4.69, 9.17) is 9.47 Å². The average molecular weight is 656 g/mol. The van der Waals surface area contributed by atoms with Gasteiger partial charge in [0.15, 0.2) is 12.3 Å². The lowest BCUT2D eigenvalue weighted by molar-refractivity contribution is -0.862. The van der Waals surface area contributed by atoms with Gasteiger partial charge in [-0.25, -0.2) is 4.98 Å². The van der Waals surface area contributed by atoms with Gasteiger partial charge in [0.1, 0.15) is 23.4 Å². The molecule has 5 rings (SSSR count). The number of rotatable bonds is 5. The molecular formula is C33H34F3N4O5S+. The Bertz CT molecular complexity index is 1760. The lowest BCUT2D eigenvalue weighted by Gasteiger charge is -2.52. The van der Waals surface area contributed by atoms with E-state index in [-0.39, 0.29) is 23.8 Å². The Morgan fingerprint density at radius 2 is 1.59 bits per heavy atom. The molecule has 2 amide bonds. The number of carbonyl (C=O) groups is 3. The molecule has 13 heteroatoms. The largest absolute Gasteiger partial charge is 0.553 e. The number of aromatic nitrogens is 2. The van der Waals surface area contributed by atoms with E-state index in [1.54, 1.807) is 53.9 Å². The van der Waals surface area contributed by atoms with Crippen LogP contribution in [0.1, 0.15) is 63.2 Å². The van der Waals surface area contributed by atoms with Crippen LogP contribution in [0.3, 0.4) is 0 Å². The number of pyridine rings is 1. The zero-order valence-corrected chi connectivity index (χ0v) is 27.0. The monoisotopic (exact) mass is 655 g/mol. The Morgan fingerprint density at radius 1 is 0.957 bits per heavy atom. The zero-order chi connectivity index (χ0) is 33.7. The average Bonchev–Trinajstić information content (AvgIpc) is 3.36. The Labute approximate surface area is 268 Å². The van der Waals surface area contributed by atoms with E-state index in [1.807, 2.05) is 24.3 Å². The third kappa shape index (κ3) is 6.47. The molecule has 0 spiro atoms. The van der Waals surface area contributed by atoms with Crippen molar-refractivity contribution in [1.29, 1.82) is 0 Å². The smallest absolute Gasteiger partial charge is 0.412 e. The van der Waals surface area contributed by atoms with Gasteiger partial charge in [-0.3, -0.25) is 9.78 Å². The summed E-state index contributed by atoms with van der Waals surface area (Å²) in [4.78, 5) is 49.9. The minimum atomic E-state index is -4.51. The first-order valence-electron chi connectivity index (χ1n) is 14.5. The second kappa shape index (κ2) is 11.8. The van der Waals surface area contributed by atoms with Gasteiger partial charge in [-0.1, -0.05) is 35.6 Å². The number of quaternary nitrogens is 1. The molecule has 2 aromatic carbocycles. The molecule has 242 valence electrons. The number of amides is 2. The van der Waals surface area contributed by atoms with E-state index in [0.29, 0.717) is 22.3 Å². The molecule has 3 heterocycles. The number of aldehydes is 1. The summed E-state index contributed by atoms with van der Waals surface area (Å²) in [7, 11) is 0. The number of hydrogen-bond donors (Lipinski definition) is 0. The molecule has 2 aromatic heterocycles. The van der Waals surface area contributed by atoms with Crippen LogP contribution in [0.25, 0.3) is 21.2 Å². The Hall–Kier alpha value is -4.36. The minimum absolute atomic E-state index is 0.0462. The van der Waals surface area contributed by atoms with E-state index < -0.39 is 45.8 Å². The second-order valence-corrected chi connectivity index (χ2v) is 14.0. The van der Waals surface area contributed by atoms with E-state index in [2.05, 4.69) is 9.97 Å². The number of halogens is 3. The van der Waals surface area contributed by atoms with Crippen molar-refractivity contribution in [1.82, 2.24) is 9.97 Å². The number of imide groups is 1. The number of ether oxygens (including phenoxy) is 2. The predicted molar refractivity (Wildman–Crippen MR) is 167 cm³/mol. The van der Waals surface area contributed by atoms with E-state index >= 15 is 0 Å². The molecule has 0 bridgehead atoms. The van der Waals surface area contributed by atoms with Crippen molar-refractivity contribution in [2.45, 2.75) is 71.4 Å². The van der Waals surface area contributed by atoms with Gasteiger partial charge >= 0.3 is 18.4 Å². The van der Waals surface area contributed by atoms with Crippen molar-refractivity contribution >= 4 is 45.7 Å². The standard InChI is InChI=1S/C33H34F3N4O5S/c1-31(2,3)44-29(42)40(30(43)45-32(4,5)6)25(15-20-7-11-24(12-8-20)33(34,35)36)18-39(40)28-38-26(19-41)27(46-28)22-9-10-23-17-37-14-13-21(23)16-22/h7-14,16-17,19,25H,15,18H2,1-6H3/q+1/t25-/m0/s1. The molecule has 0 radical (unpaired) electrons. The van der Waals surface area contributed by atoms with Gasteiger partial charge in [0.05, 0.1) is 10.4 Å². The molecule has 1 saturated heterocycles. The number of anilines is 1.